The van der Waals surface area contributed by atoms with Crippen molar-refractivity contribution in [3.8, 4) is 0 Å². The molecule has 6 nitrogen and oxygen atoms in total. The number of alkyl carbamates (subject to hydrolysis) is 1. The summed E-state index contributed by atoms with van der Waals surface area (Å²) in [6, 6.07) is 8.80. The molecule has 1 N–H and O–H groups in total. The number of rotatable bonds is 5. The van der Waals surface area contributed by atoms with Crippen molar-refractivity contribution in [1.29, 1.82) is 0 Å². The largest absolute Gasteiger partial charge is 0.444 e. The molecule has 2 fully saturated rings. The van der Waals surface area contributed by atoms with Gasteiger partial charge in [0.25, 0.3) is 0 Å². The molecule has 170 valence electrons. The number of hydrogen-bond acceptors (Lipinski definition) is 6. The first kappa shape index (κ1) is 22.3. The molecule has 1 saturated carbocycles. The van der Waals surface area contributed by atoms with E-state index in [1.54, 1.807) is 11.5 Å². The highest BCUT2D eigenvalue weighted by molar-refractivity contribution is 7.13. The fourth-order valence-corrected chi connectivity index (χ4v) is 5.51. The summed E-state index contributed by atoms with van der Waals surface area (Å²) >= 11 is 1.60. The SMILES string of the molecule is CC(C)(C)OC(=O)N[C@H]1CC[C@@H](CCN2CCN(c3nsc4ccccc34)CC2)CC1. The van der Waals surface area contributed by atoms with Crippen LogP contribution in [0.3, 0.4) is 0 Å². The number of nitrogens with one attached hydrogen (secondary N) is 1. The number of piperazine rings is 1. The minimum absolute atomic E-state index is 0.266. The number of ether oxygens (including phenoxy) is 1. The number of benzene rings is 1. The summed E-state index contributed by atoms with van der Waals surface area (Å²) in [6.07, 6.45) is 5.51. The van der Waals surface area contributed by atoms with Crippen molar-refractivity contribution in [2.45, 2.75) is 64.5 Å². The predicted molar refractivity (Wildman–Crippen MR) is 128 cm³/mol. The summed E-state index contributed by atoms with van der Waals surface area (Å²) in [7, 11) is 0. The van der Waals surface area contributed by atoms with Gasteiger partial charge in [0.1, 0.15) is 11.4 Å². The molecule has 1 aliphatic carbocycles. The average Bonchev–Trinajstić information content (AvgIpc) is 3.16. The van der Waals surface area contributed by atoms with Crippen LogP contribution in [0.5, 0.6) is 0 Å². The lowest BCUT2D eigenvalue weighted by Gasteiger charge is -2.36. The van der Waals surface area contributed by atoms with Gasteiger partial charge >= 0.3 is 6.09 Å². The monoisotopic (exact) mass is 444 g/mol. The Kier molecular flexibility index (Phi) is 7.02. The maximum Gasteiger partial charge on any atom is 0.407 e. The topological polar surface area (TPSA) is 57.7 Å². The van der Waals surface area contributed by atoms with Crippen molar-refractivity contribution in [2.24, 2.45) is 5.92 Å². The van der Waals surface area contributed by atoms with E-state index in [4.69, 9.17) is 9.11 Å². The van der Waals surface area contributed by atoms with Crippen molar-refractivity contribution in [3.05, 3.63) is 24.3 Å². The number of fused-ring (bicyclic) bond motifs is 1. The van der Waals surface area contributed by atoms with E-state index in [0.29, 0.717) is 0 Å². The first-order valence-electron chi connectivity index (χ1n) is 11.7. The summed E-state index contributed by atoms with van der Waals surface area (Å²) in [6.45, 7) is 11.2. The Labute approximate surface area is 190 Å². The summed E-state index contributed by atoms with van der Waals surface area (Å²) in [5.74, 6) is 1.94. The van der Waals surface area contributed by atoms with Gasteiger partial charge in [-0.2, -0.15) is 4.37 Å². The standard InChI is InChI=1S/C24H36N4O2S/c1-24(2,3)30-23(29)25-19-10-8-18(9-11-19)12-13-27-14-16-28(17-15-27)22-20-6-4-5-7-21(20)31-26-22/h4-7,18-19H,8-17H2,1-3H3,(H,25,29)/t18-,19+. The van der Waals surface area contributed by atoms with Gasteiger partial charge in [0.05, 0.1) is 4.70 Å². The number of carbonyl (C=O) groups is 1. The Balaban J connectivity index is 1.15. The molecule has 2 aromatic rings. The number of hydrogen-bond donors (Lipinski definition) is 1. The Morgan fingerprint density at radius 2 is 1.84 bits per heavy atom. The molecule has 0 spiro atoms. The Morgan fingerprint density at radius 3 is 2.55 bits per heavy atom. The van der Waals surface area contributed by atoms with Crippen LogP contribution in [0.25, 0.3) is 10.1 Å². The van der Waals surface area contributed by atoms with Gasteiger partial charge < -0.3 is 15.0 Å². The Morgan fingerprint density at radius 1 is 1.13 bits per heavy atom. The van der Waals surface area contributed by atoms with E-state index in [1.165, 1.54) is 35.9 Å². The van der Waals surface area contributed by atoms with Crippen LogP contribution < -0.4 is 10.2 Å². The van der Waals surface area contributed by atoms with Crippen LogP contribution in [0.1, 0.15) is 52.9 Å². The van der Waals surface area contributed by atoms with E-state index in [9.17, 15) is 4.79 Å². The Hall–Kier alpha value is -1.86. The predicted octanol–water partition coefficient (Wildman–Crippen LogP) is 4.89. The van der Waals surface area contributed by atoms with Crippen LogP contribution in [0.15, 0.2) is 24.3 Å². The fraction of sp³-hybridized carbons (Fsp3) is 0.667. The van der Waals surface area contributed by atoms with Gasteiger partial charge in [-0.15, -0.1) is 0 Å². The minimum Gasteiger partial charge on any atom is -0.444 e. The zero-order valence-electron chi connectivity index (χ0n) is 19.1. The number of anilines is 1. The smallest absolute Gasteiger partial charge is 0.407 e. The highest BCUT2D eigenvalue weighted by atomic mass is 32.1. The number of amides is 1. The van der Waals surface area contributed by atoms with E-state index in [2.05, 4.69) is 39.4 Å². The molecule has 2 aliphatic rings. The molecule has 1 amide bonds. The molecule has 0 radical (unpaired) electrons. The third kappa shape index (κ3) is 6.10. The van der Waals surface area contributed by atoms with Crippen molar-refractivity contribution >= 4 is 33.5 Å². The van der Waals surface area contributed by atoms with Gasteiger partial charge in [-0.3, -0.25) is 4.90 Å². The molecule has 0 atom stereocenters. The summed E-state index contributed by atoms with van der Waals surface area (Å²) in [4.78, 5) is 17.0. The average molecular weight is 445 g/mol. The second-order valence-corrected chi connectivity index (χ2v) is 10.8. The minimum atomic E-state index is -0.433. The van der Waals surface area contributed by atoms with Crippen LogP contribution in [0.4, 0.5) is 10.6 Å². The van der Waals surface area contributed by atoms with Crippen LogP contribution in [0, 0.1) is 5.92 Å². The first-order valence-corrected chi connectivity index (χ1v) is 12.5. The maximum absolute atomic E-state index is 12.0. The number of aromatic nitrogens is 1. The van der Waals surface area contributed by atoms with Crippen molar-refractivity contribution in [1.82, 2.24) is 14.6 Å². The summed E-state index contributed by atoms with van der Waals surface area (Å²) < 4.78 is 11.4. The molecular weight excluding hydrogens is 408 g/mol. The van der Waals surface area contributed by atoms with Crippen molar-refractivity contribution in [2.75, 3.05) is 37.6 Å². The molecule has 4 rings (SSSR count). The molecule has 1 aromatic heterocycles. The summed E-state index contributed by atoms with van der Waals surface area (Å²) in [5.41, 5.74) is -0.433. The lowest BCUT2D eigenvalue weighted by atomic mass is 9.84. The molecule has 1 saturated heterocycles. The van der Waals surface area contributed by atoms with Crippen LogP contribution in [0.2, 0.25) is 0 Å². The van der Waals surface area contributed by atoms with Crippen LogP contribution in [-0.4, -0.2) is 59.7 Å². The van der Waals surface area contributed by atoms with Gasteiger partial charge in [-0.05, 0) is 89.0 Å². The first-order chi connectivity index (χ1) is 14.9. The normalized spacial score (nSPS) is 23.1. The van der Waals surface area contributed by atoms with E-state index in [0.717, 1.165) is 50.8 Å². The highest BCUT2D eigenvalue weighted by Crippen LogP contribution is 2.30. The molecular formula is C24H36N4O2S. The highest BCUT2D eigenvalue weighted by Gasteiger charge is 2.26. The summed E-state index contributed by atoms with van der Waals surface area (Å²) in [5, 5.41) is 4.34. The number of carbonyl (C=O) groups excluding carboxylic acids is 1. The molecule has 0 unspecified atom stereocenters. The van der Waals surface area contributed by atoms with Gasteiger partial charge in [0.15, 0.2) is 0 Å². The molecule has 31 heavy (non-hydrogen) atoms. The van der Waals surface area contributed by atoms with E-state index < -0.39 is 5.60 Å². The van der Waals surface area contributed by atoms with Crippen molar-refractivity contribution < 1.29 is 9.53 Å². The second-order valence-electron chi connectivity index (χ2n) is 9.98. The molecule has 0 bridgehead atoms. The third-order valence-corrected chi connectivity index (χ3v) is 7.27. The van der Waals surface area contributed by atoms with Crippen LogP contribution >= 0.6 is 11.5 Å². The number of nitrogens with zero attached hydrogens (tertiary/aromatic N) is 3. The molecule has 7 heteroatoms. The second kappa shape index (κ2) is 9.74. The van der Waals surface area contributed by atoms with E-state index in [1.807, 2.05) is 20.8 Å². The van der Waals surface area contributed by atoms with Gasteiger partial charge in [0.2, 0.25) is 0 Å². The Bertz CT molecular complexity index is 862. The quantitative estimate of drug-likeness (QED) is 0.711. The van der Waals surface area contributed by atoms with Gasteiger partial charge in [-0.25, -0.2) is 4.79 Å². The van der Waals surface area contributed by atoms with Crippen molar-refractivity contribution in [3.63, 3.8) is 0 Å². The van der Waals surface area contributed by atoms with Gasteiger partial charge in [0, 0.05) is 37.6 Å². The zero-order chi connectivity index (χ0) is 21.8. The molecule has 1 aromatic carbocycles. The maximum atomic E-state index is 12.0. The fourth-order valence-electron chi connectivity index (χ4n) is 4.72. The molecule has 1 aliphatic heterocycles. The van der Waals surface area contributed by atoms with Gasteiger partial charge in [-0.1, -0.05) is 12.1 Å². The lowest BCUT2D eigenvalue weighted by Crippen LogP contribution is -2.47. The van der Waals surface area contributed by atoms with E-state index >= 15 is 0 Å². The molecule has 2 heterocycles. The van der Waals surface area contributed by atoms with E-state index in [-0.39, 0.29) is 12.1 Å². The third-order valence-electron chi connectivity index (χ3n) is 6.45. The van der Waals surface area contributed by atoms with Crippen LogP contribution in [-0.2, 0) is 4.74 Å². The lowest BCUT2D eigenvalue weighted by molar-refractivity contribution is 0.0486. The zero-order valence-corrected chi connectivity index (χ0v) is 19.9.